The van der Waals surface area contributed by atoms with Gasteiger partial charge in [0.25, 0.3) is 5.91 Å². The molecule has 1 saturated carbocycles. The molecule has 1 aliphatic rings. The summed E-state index contributed by atoms with van der Waals surface area (Å²) >= 11 is 5.82. The van der Waals surface area contributed by atoms with Crippen LogP contribution in [-0.2, 0) is 32.2 Å². The lowest BCUT2D eigenvalue weighted by Gasteiger charge is -2.28. The normalized spacial score (nSPS) is 13.7. The SMILES string of the molecule is CC(=O)c1cn(CC(=O)N(CC(=O)NCc2cccc(Cl)c2F)C2CC2)c2ccc(NC(=O)C(OC(N)=O)C(C)(C)C)cc12. The number of benzene rings is 2. The molecule has 4 amide bonds. The number of Topliss-reactive ketones (excluding diaryl/α,β-unsaturated/α-hetero) is 1. The molecule has 1 fully saturated rings. The molecule has 234 valence electrons. The third kappa shape index (κ3) is 7.73. The first kappa shape index (κ1) is 32.5. The molecule has 1 aliphatic carbocycles. The van der Waals surface area contributed by atoms with Crippen molar-refractivity contribution in [3.63, 3.8) is 0 Å². The van der Waals surface area contributed by atoms with Crippen molar-refractivity contribution in [1.29, 1.82) is 0 Å². The maximum Gasteiger partial charge on any atom is 0.405 e. The Labute approximate surface area is 258 Å². The van der Waals surface area contributed by atoms with E-state index in [1.54, 1.807) is 55.8 Å². The van der Waals surface area contributed by atoms with Gasteiger partial charge in [0.05, 0.1) is 11.6 Å². The van der Waals surface area contributed by atoms with Crippen LogP contribution < -0.4 is 16.4 Å². The number of anilines is 1. The third-order valence-electron chi connectivity index (χ3n) is 7.22. The minimum absolute atomic E-state index is 0.0453. The Morgan fingerprint density at radius 1 is 1.16 bits per heavy atom. The van der Waals surface area contributed by atoms with Gasteiger partial charge in [0.2, 0.25) is 11.8 Å². The highest BCUT2D eigenvalue weighted by Gasteiger charge is 2.35. The molecule has 11 nitrogen and oxygen atoms in total. The van der Waals surface area contributed by atoms with Gasteiger partial charge in [-0.05, 0) is 44.0 Å². The molecule has 0 bridgehead atoms. The monoisotopic (exact) mass is 627 g/mol. The minimum Gasteiger partial charge on any atom is -0.436 e. The summed E-state index contributed by atoms with van der Waals surface area (Å²) in [5.74, 6) is -2.22. The van der Waals surface area contributed by atoms with Crippen LogP contribution >= 0.6 is 11.6 Å². The van der Waals surface area contributed by atoms with E-state index >= 15 is 0 Å². The molecule has 0 saturated heterocycles. The molecule has 44 heavy (non-hydrogen) atoms. The number of fused-ring (bicyclic) bond motifs is 1. The number of carbonyl (C=O) groups is 5. The highest BCUT2D eigenvalue weighted by molar-refractivity contribution is 6.30. The van der Waals surface area contributed by atoms with Crippen molar-refractivity contribution in [3.8, 4) is 0 Å². The lowest BCUT2D eigenvalue weighted by molar-refractivity contribution is -0.137. The molecule has 3 aromatic rings. The van der Waals surface area contributed by atoms with Gasteiger partial charge < -0.3 is 30.6 Å². The van der Waals surface area contributed by atoms with Crippen molar-refractivity contribution in [3.05, 3.63) is 64.6 Å². The predicted octanol–water partition coefficient (Wildman–Crippen LogP) is 4.39. The molecule has 4 N–H and O–H groups in total. The topological polar surface area (TPSA) is 153 Å². The lowest BCUT2D eigenvalue weighted by atomic mass is 9.88. The van der Waals surface area contributed by atoms with Crippen molar-refractivity contribution in [1.82, 2.24) is 14.8 Å². The van der Waals surface area contributed by atoms with Crippen molar-refractivity contribution in [2.24, 2.45) is 11.1 Å². The van der Waals surface area contributed by atoms with Crippen LogP contribution in [0.3, 0.4) is 0 Å². The van der Waals surface area contributed by atoms with Crippen LogP contribution in [0.2, 0.25) is 5.02 Å². The molecule has 1 aromatic heterocycles. The molecular formula is C31H35ClFN5O6. The van der Waals surface area contributed by atoms with Crippen molar-refractivity contribution in [2.75, 3.05) is 11.9 Å². The van der Waals surface area contributed by atoms with Gasteiger partial charge >= 0.3 is 6.09 Å². The molecule has 0 radical (unpaired) electrons. The number of hydrogen-bond donors (Lipinski definition) is 3. The highest BCUT2D eigenvalue weighted by atomic mass is 35.5. The minimum atomic E-state index is -1.17. The maximum atomic E-state index is 14.2. The Morgan fingerprint density at radius 2 is 1.86 bits per heavy atom. The van der Waals surface area contributed by atoms with Crippen molar-refractivity contribution < 1.29 is 33.1 Å². The number of amides is 4. The van der Waals surface area contributed by atoms with Crippen LogP contribution in [0, 0.1) is 11.2 Å². The Balaban J connectivity index is 1.50. The van der Waals surface area contributed by atoms with Gasteiger partial charge in [0.15, 0.2) is 11.9 Å². The van der Waals surface area contributed by atoms with Gasteiger partial charge in [-0.25, -0.2) is 9.18 Å². The number of halogens is 2. The second kappa shape index (κ2) is 13.0. The summed E-state index contributed by atoms with van der Waals surface area (Å²) in [5.41, 5.74) is 5.90. The number of ether oxygens (including phenoxy) is 1. The largest absolute Gasteiger partial charge is 0.436 e. The highest BCUT2D eigenvalue weighted by Crippen LogP contribution is 2.30. The maximum absolute atomic E-state index is 14.2. The summed E-state index contributed by atoms with van der Waals surface area (Å²) in [6.45, 7) is 6.15. The second-order valence-corrected chi connectivity index (χ2v) is 12.3. The molecule has 2 aromatic carbocycles. The first-order valence-electron chi connectivity index (χ1n) is 14.1. The van der Waals surface area contributed by atoms with E-state index in [1.807, 2.05) is 0 Å². The number of primary amides is 1. The quantitative estimate of drug-likeness (QED) is 0.268. The molecule has 0 aliphatic heterocycles. The van der Waals surface area contributed by atoms with E-state index in [9.17, 15) is 28.4 Å². The zero-order chi connectivity index (χ0) is 32.3. The lowest BCUT2D eigenvalue weighted by Crippen LogP contribution is -2.43. The Kier molecular flexibility index (Phi) is 9.62. The fraction of sp³-hybridized carbons (Fsp3) is 0.387. The van der Waals surface area contributed by atoms with E-state index < -0.39 is 35.2 Å². The number of rotatable bonds is 11. The molecule has 4 rings (SSSR count). The zero-order valence-corrected chi connectivity index (χ0v) is 25.7. The van der Waals surface area contributed by atoms with Crippen LogP contribution in [0.1, 0.15) is 56.5 Å². The number of ketones is 1. The van der Waals surface area contributed by atoms with Crippen molar-refractivity contribution >= 4 is 57.8 Å². The van der Waals surface area contributed by atoms with E-state index in [1.165, 1.54) is 24.0 Å². The van der Waals surface area contributed by atoms with Gasteiger partial charge in [0, 0.05) is 51.9 Å². The molecule has 0 spiro atoms. The average Bonchev–Trinajstić information content (AvgIpc) is 3.72. The summed E-state index contributed by atoms with van der Waals surface area (Å²) in [6, 6.07) is 9.31. The zero-order valence-electron chi connectivity index (χ0n) is 24.9. The fourth-order valence-corrected chi connectivity index (χ4v) is 5.06. The van der Waals surface area contributed by atoms with E-state index in [0.717, 1.165) is 12.8 Å². The van der Waals surface area contributed by atoms with Crippen LogP contribution in [0.15, 0.2) is 42.6 Å². The number of nitrogens with zero attached hydrogens (tertiary/aromatic N) is 2. The molecule has 1 atom stereocenters. The van der Waals surface area contributed by atoms with Gasteiger partial charge in [-0.15, -0.1) is 0 Å². The molecular weight excluding hydrogens is 593 g/mol. The number of aromatic nitrogens is 1. The first-order chi connectivity index (χ1) is 20.6. The summed E-state index contributed by atoms with van der Waals surface area (Å²) in [5, 5.41) is 5.82. The van der Waals surface area contributed by atoms with E-state index in [4.69, 9.17) is 22.1 Å². The van der Waals surface area contributed by atoms with Crippen LogP contribution in [0.4, 0.5) is 14.9 Å². The van der Waals surface area contributed by atoms with Crippen LogP contribution in [0.25, 0.3) is 10.9 Å². The third-order valence-corrected chi connectivity index (χ3v) is 7.51. The van der Waals surface area contributed by atoms with Gasteiger partial charge in [-0.1, -0.05) is 44.5 Å². The summed E-state index contributed by atoms with van der Waals surface area (Å²) in [7, 11) is 0. The standard InChI is InChI=1S/C31H35ClFN5O6/c1-17(39)22-14-37(24-11-8-19(12-21(22)24)36-29(42)28(31(2,3)4)44-30(34)43)16-26(41)38(20-9-10-20)15-25(40)35-13-18-6-5-7-23(32)27(18)33/h5-8,11-12,14,20,28H,9-10,13,15-16H2,1-4H3,(H2,34,43)(H,35,40)(H,36,42). The number of hydrogen-bond acceptors (Lipinski definition) is 6. The Morgan fingerprint density at radius 3 is 2.48 bits per heavy atom. The molecule has 1 heterocycles. The van der Waals surface area contributed by atoms with Crippen LogP contribution in [0.5, 0.6) is 0 Å². The summed E-state index contributed by atoms with van der Waals surface area (Å²) < 4.78 is 20.9. The van der Waals surface area contributed by atoms with E-state index in [0.29, 0.717) is 22.2 Å². The van der Waals surface area contributed by atoms with Crippen LogP contribution in [-0.4, -0.2) is 57.8 Å². The summed E-state index contributed by atoms with van der Waals surface area (Å²) in [4.78, 5) is 64.5. The first-order valence-corrected chi connectivity index (χ1v) is 14.4. The second-order valence-electron chi connectivity index (χ2n) is 11.9. The fourth-order valence-electron chi connectivity index (χ4n) is 4.87. The molecule has 13 heteroatoms. The smallest absolute Gasteiger partial charge is 0.405 e. The van der Waals surface area contributed by atoms with E-state index in [-0.39, 0.29) is 48.0 Å². The van der Waals surface area contributed by atoms with Crippen molar-refractivity contribution in [2.45, 2.75) is 65.8 Å². The Hall–Kier alpha value is -4.45. The number of nitrogens with one attached hydrogen (secondary N) is 2. The number of nitrogens with two attached hydrogens (primary N) is 1. The van der Waals surface area contributed by atoms with Gasteiger partial charge in [-0.2, -0.15) is 0 Å². The average molecular weight is 628 g/mol. The van der Waals surface area contributed by atoms with Gasteiger partial charge in [-0.3, -0.25) is 19.2 Å². The summed E-state index contributed by atoms with van der Waals surface area (Å²) in [6.07, 6.45) is 0.831. The Bertz CT molecular complexity index is 1630. The van der Waals surface area contributed by atoms with Gasteiger partial charge in [0.1, 0.15) is 12.4 Å². The number of carbonyl (C=O) groups excluding carboxylic acids is 5. The molecule has 1 unspecified atom stereocenters. The predicted molar refractivity (Wildman–Crippen MR) is 162 cm³/mol. The van der Waals surface area contributed by atoms with E-state index in [2.05, 4.69) is 10.6 Å².